The van der Waals surface area contributed by atoms with Crippen LogP contribution in [-0.4, -0.2) is 55.2 Å². The summed E-state index contributed by atoms with van der Waals surface area (Å²) >= 11 is 0. The second-order valence-corrected chi connectivity index (χ2v) is 10.4. The van der Waals surface area contributed by atoms with Gasteiger partial charge in [0.05, 0.1) is 10.5 Å². The number of urea groups is 1. The summed E-state index contributed by atoms with van der Waals surface area (Å²) in [5.41, 5.74) is 5.88. The van der Waals surface area contributed by atoms with Gasteiger partial charge in [0.15, 0.2) is 0 Å². The maximum absolute atomic E-state index is 13.4. The molecule has 0 spiro atoms. The smallest absolute Gasteiger partial charge is 0.351 e. The highest BCUT2D eigenvalue weighted by Crippen LogP contribution is 2.29. The molecule has 1 atom stereocenters. The number of nitrogens with zero attached hydrogens (tertiary/aromatic N) is 2. The van der Waals surface area contributed by atoms with Gasteiger partial charge in [0.2, 0.25) is 15.9 Å². The molecule has 1 aliphatic heterocycles. The molecule has 1 saturated heterocycles. The average molecular weight is 513 g/mol. The van der Waals surface area contributed by atoms with Crippen molar-refractivity contribution in [2.45, 2.75) is 43.4 Å². The highest BCUT2D eigenvalue weighted by molar-refractivity contribution is 7.89. The molecular formula is C23H27F3N4O4S. The summed E-state index contributed by atoms with van der Waals surface area (Å²) in [6.45, 7) is 3.45. The molecule has 1 unspecified atom stereocenters. The van der Waals surface area contributed by atoms with Gasteiger partial charge in [0.25, 0.3) is 0 Å². The summed E-state index contributed by atoms with van der Waals surface area (Å²) in [5.74, 6) is -0.493. The molecule has 3 amide bonds. The van der Waals surface area contributed by atoms with Crippen LogP contribution in [-0.2, 0) is 27.5 Å². The Labute approximate surface area is 201 Å². The molecule has 12 heteroatoms. The van der Waals surface area contributed by atoms with E-state index < -0.39 is 39.7 Å². The topological polar surface area (TPSA) is 113 Å². The summed E-state index contributed by atoms with van der Waals surface area (Å²) < 4.78 is 66.0. The lowest BCUT2D eigenvalue weighted by atomic mass is 10.0. The summed E-state index contributed by atoms with van der Waals surface area (Å²) in [6.07, 6.45) is -4.48. The molecule has 35 heavy (non-hydrogen) atoms. The van der Waals surface area contributed by atoms with Crippen LogP contribution in [0.3, 0.4) is 0 Å². The van der Waals surface area contributed by atoms with Crippen LogP contribution >= 0.6 is 0 Å². The molecule has 190 valence electrons. The van der Waals surface area contributed by atoms with Crippen molar-refractivity contribution in [3.05, 3.63) is 65.2 Å². The van der Waals surface area contributed by atoms with E-state index in [1.54, 1.807) is 12.1 Å². The molecule has 0 aliphatic carbocycles. The van der Waals surface area contributed by atoms with Gasteiger partial charge in [0.1, 0.15) is 6.04 Å². The van der Waals surface area contributed by atoms with Crippen LogP contribution in [0.25, 0.3) is 0 Å². The number of alkyl halides is 3. The zero-order valence-electron chi connectivity index (χ0n) is 19.2. The largest absolute Gasteiger partial charge is 0.416 e. The molecule has 2 aromatic carbocycles. The number of sulfonamides is 1. The Hall–Kier alpha value is -3.12. The standard InChI is InChI=1S/C23H27F3N4O4S/c1-15(2)17-5-9-19(10-6-17)35(33,34)30-12-11-29(22(27)32)14-20(30)21(31)28-13-16-3-7-18(8-4-16)23(24,25)26/h3-10,15,20H,11-14H2,1-2H3,(H2,27,32)(H,28,31). The van der Waals surface area contributed by atoms with E-state index in [0.717, 1.165) is 22.0 Å². The summed E-state index contributed by atoms with van der Waals surface area (Å²) in [7, 11) is -4.08. The third-order valence-corrected chi connectivity index (χ3v) is 7.77. The van der Waals surface area contributed by atoms with Crippen molar-refractivity contribution in [2.24, 2.45) is 5.73 Å². The van der Waals surface area contributed by atoms with Crippen molar-refractivity contribution in [1.82, 2.24) is 14.5 Å². The fourth-order valence-corrected chi connectivity index (χ4v) is 5.32. The third kappa shape index (κ3) is 6.12. The van der Waals surface area contributed by atoms with Crippen molar-refractivity contribution in [3.8, 4) is 0 Å². The van der Waals surface area contributed by atoms with Crippen LogP contribution in [0.15, 0.2) is 53.4 Å². The lowest BCUT2D eigenvalue weighted by Crippen LogP contribution is -2.62. The quantitative estimate of drug-likeness (QED) is 0.620. The van der Waals surface area contributed by atoms with Gasteiger partial charge in [-0.1, -0.05) is 38.1 Å². The Morgan fingerprint density at radius 1 is 1.06 bits per heavy atom. The number of benzene rings is 2. The molecule has 1 heterocycles. The zero-order valence-corrected chi connectivity index (χ0v) is 20.1. The highest BCUT2D eigenvalue weighted by atomic mass is 32.2. The number of halogens is 3. The minimum absolute atomic E-state index is 0.00923. The summed E-state index contributed by atoms with van der Waals surface area (Å²) in [4.78, 5) is 25.9. The van der Waals surface area contributed by atoms with E-state index >= 15 is 0 Å². The van der Waals surface area contributed by atoms with Gasteiger partial charge in [-0.3, -0.25) is 4.79 Å². The van der Waals surface area contributed by atoms with Crippen molar-refractivity contribution in [1.29, 1.82) is 0 Å². The number of nitrogens with two attached hydrogens (primary N) is 1. The molecule has 0 radical (unpaired) electrons. The lowest BCUT2D eigenvalue weighted by molar-refractivity contribution is -0.137. The fourth-order valence-electron chi connectivity index (χ4n) is 3.75. The summed E-state index contributed by atoms with van der Waals surface area (Å²) in [6, 6.07) is 8.56. The normalized spacial score (nSPS) is 17.4. The van der Waals surface area contributed by atoms with Crippen LogP contribution in [0.5, 0.6) is 0 Å². The first kappa shape index (κ1) is 26.5. The Morgan fingerprint density at radius 3 is 2.17 bits per heavy atom. The maximum Gasteiger partial charge on any atom is 0.416 e. The molecule has 1 aliphatic rings. The molecule has 3 N–H and O–H groups in total. The first-order valence-corrected chi connectivity index (χ1v) is 12.3. The van der Waals surface area contributed by atoms with Crippen LogP contribution in [0.2, 0.25) is 0 Å². The predicted octanol–water partition coefficient (Wildman–Crippen LogP) is 2.90. The van der Waals surface area contributed by atoms with Crippen LogP contribution in [0, 0.1) is 0 Å². The summed E-state index contributed by atoms with van der Waals surface area (Å²) in [5, 5.41) is 2.56. The lowest BCUT2D eigenvalue weighted by Gasteiger charge is -2.38. The van der Waals surface area contributed by atoms with E-state index in [1.165, 1.54) is 29.2 Å². The van der Waals surface area contributed by atoms with Gasteiger partial charge in [-0.25, -0.2) is 13.2 Å². The monoisotopic (exact) mass is 512 g/mol. The van der Waals surface area contributed by atoms with Gasteiger partial charge in [-0.05, 0) is 41.3 Å². The van der Waals surface area contributed by atoms with Crippen molar-refractivity contribution < 1.29 is 31.2 Å². The van der Waals surface area contributed by atoms with Crippen LogP contribution < -0.4 is 11.1 Å². The highest BCUT2D eigenvalue weighted by Gasteiger charge is 2.41. The Morgan fingerprint density at radius 2 is 1.66 bits per heavy atom. The number of rotatable bonds is 6. The molecular weight excluding hydrogens is 485 g/mol. The third-order valence-electron chi connectivity index (χ3n) is 5.85. The number of nitrogens with one attached hydrogen (secondary N) is 1. The maximum atomic E-state index is 13.4. The number of carbonyl (C=O) groups excluding carboxylic acids is 2. The zero-order chi connectivity index (χ0) is 26.0. The van der Waals surface area contributed by atoms with E-state index in [2.05, 4.69) is 5.32 Å². The number of amides is 3. The van der Waals surface area contributed by atoms with E-state index in [9.17, 15) is 31.2 Å². The van der Waals surface area contributed by atoms with Gasteiger partial charge < -0.3 is 16.0 Å². The molecule has 3 rings (SSSR count). The SMILES string of the molecule is CC(C)c1ccc(S(=O)(=O)N2CCN(C(N)=O)CC2C(=O)NCc2ccc(C(F)(F)F)cc2)cc1. The van der Waals surface area contributed by atoms with Crippen molar-refractivity contribution in [3.63, 3.8) is 0 Å². The number of hydrogen-bond acceptors (Lipinski definition) is 4. The van der Waals surface area contributed by atoms with Crippen molar-refractivity contribution in [2.75, 3.05) is 19.6 Å². The number of carbonyl (C=O) groups is 2. The molecule has 0 bridgehead atoms. The first-order valence-electron chi connectivity index (χ1n) is 10.9. The second kappa shape index (κ2) is 10.2. The van der Waals surface area contributed by atoms with E-state index in [1.807, 2.05) is 13.8 Å². The van der Waals surface area contributed by atoms with Crippen LogP contribution in [0.1, 0.15) is 36.5 Å². The molecule has 8 nitrogen and oxygen atoms in total. The van der Waals surface area contributed by atoms with Gasteiger partial charge in [0, 0.05) is 26.2 Å². The molecule has 0 saturated carbocycles. The average Bonchev–Trinajstić information content (AvgIpc) is 2.81. The fraction of sp³-hybridized carbons (Fsp3) is 0.391. The number of hydrogen-bond donors (Lipinski definition) is 2. The van der Waals surface area contributed by atoms with Gasteiger partial charge >= 0.3 is 12.2 Å². The van der Waals surface area contributed by atoms with Crippen LogP contribution in [0.4, 0.5) is 18.0 Å². The minimum atomic E-state index is -4.48. The van der Waals surface area contributed by atoms with Crippen molar-refractivity contribution >= 4 is 22.0 Å². The van der Waals surface area contributed by atoms with E-state index in [4.69, 9.17) is 5.73 Å². The molecule has 2 aromatic rings. The van der Waals surface area contributed by atoms with Gasteiger partial charge in [-0.2, -0.15) is 17.5 Å². The predicted molar refractivity (Wildman–Crippen MR) is 123 cm³/mol. The van der Waals surface area contributed by atoms with E-state index in [0.29, 0.717) is 5.56 Å². The minimum Gasteiger partial charge on any atom is -0.351 e. The Kier molecular flexibility index (Phi) is 7.75. The second-order valence-electron chi connectivity index (χ2n) is 8.55. The van der Waals surface area contributed by atoms with Gasteiger partial charge in [-0.15, -0.1) is 0 Å². The Bertz CT molecular complexity index is 1170. The number of primary amides is 1. The molecule has 1 fully saturated rings. The van der Waals surface area contributed by atoms with E-state index in [-0.39, 0.29) is 37.0 Å². The number of piperazine rings is 1. The Balaban J connectivity index is 1.80. The first-order chi connectivity index (χ1) is 16.3. The molecule has 0 aromatic heterocycles.